The molecule has 1 aromatic carbocycles. The average Bonchev–Trinajstić information content (AvgIpc) is 3.42. The van der Waals surface area contributed by atoms with Gasteiger partial charge in [0.05, 0.1) is 7.11 Å². The van der Waals surface area contributed by atoms with Crippen LogP contribution in [-0.4, -0.2) is 13.1 Å². The predicted molar refractivity (Wildman–Crippen MR) is 116 cm³/mol. The second-order valence-electron chi connectivity index (χ2n) is 5.84. The molecule has 3 heterocycles. The summed E-state index contributed by atoms with van der Waals surface area (Å²) in [5, 5.41) is 1.25. The number of fused-ring (bicyclic) bond motifs is 1. The van der Waals surface area contributed by atoms with E-state index in [0.717, 1.165) is 16.3 Å². The Kier molecular flexibility index (Phi) is 5.20. The number of nitrogens with zero attached hydrogens (tertiary/aromatic N) is 1. The number of thiophene rings is 2. The third-order valence-electron chi connectivity index (χ3n) is 4.21. The third kappa shape index (κ3) is 3.60. The van der Waals surface area contributed by atoms with Crippen molar-refractivity contribution < 1.29 is 14.1 Å². The highest BCUT2D eigenvalue weighted by Gasteiger charge is 2.16. The van der Waals surface area contributed by atoms with Gasteiger partial charge in [0.25, 0.3) is 5.01 Å². The normalized spacial score (nSPS) is 11.5. The fraction of sp³-hybridized carbons (Fsp3) is 0.143. The second-order valence-corrected chi connectivity index (χ2v) is 9.10. The summed E-state index contributed by atoms with van der Waals surface area (Å²) in [6, 6.07) is 16.5. The molecule has 0 unspecified atom stereocenters. The van der Waals surface area contributed by atoms with Crippen molar-refractivity contribution >= 4 is 62.3 Å². The SMILES string of the molecule is CC[n+]1c(/C=C/c2ccc(-c3ccc(C(=O)OC)s3)s2)sc2ccccc21. The molecule has 0 N–H and O–H groups in total. The number of methoxy groups -OCH3 is 1. The van der Waals surface area contributed by atoms with Gasteiger partial charge in [-0.15, -0.1) is 22.7 Å². The van der Waals surface area contributed by atoms with Gasteiger partial charge in [-0.2, -0.15) is 4.57 Å². The molecular weight excluding hydrogens is 394 g/mol. The number of ether oxygens (including phenoxy) is 1. The molecule has 0 bridgehead atoms. The van der Waals surface area contributed by atoms with Crippen molar-refractivity contribution in [3.8, 4) is 9.75 Å². The van der Waals surface area contributed by atoms with Crippen LogP contribution in [-0.2, 0) is 11.3 Å². The van der Waals surface area contributed by atoms with Gasteiger partial charge in [-0.25, -0.2) is 4.79 Å². The summed E-state index contributed by atoms with van der Waals surface area (Å²) in [6.07, 6.45) is 4.36. The Hall–Kier alpha value is -2.28. The van der Waals surface area contributed by atoms with Crippen LogP contribution in [0, 0.1) is 0 Å². The van der Waals surface area contributed by atoms with Crippen LogP contribution in [0.4, 0.5) is 0 Å². The maximum Gasteiger partial charge on any atom is 0.348 e. The Morgan fingerprint density at radius 1 is 1.00 bits per heavy atom. The number of aromatic nitrogens is 1. The summed E-state index contributed by atoms with van der Waals surface area (Å²) in [7, 11) is 1.41. The Balaban J connectivity index is 1.59. The lowest BCUT2D eigenvalue weighted by molar-refractivity contribution is -0.665. The first kappa shape index (κ1) is 18.1. The summed E-state index contributed by atoms with van der Waals surface area (Å²) in [6.45, 7) is 3.13. The minimum atomic E-state index is -0.281. The van der Waals surface area contributed by atoms with Crippen LogP contribution in [0.5, 0.6) is 0 Å². The second kappa shape index (κ2) is 7.76. The summed E-state index contributed by atoms with van der Waals surface area (Å²) in [4.78, 5) is 15.7. The van der Waals surface area contributed by atoms with Gasteiger partial charge in [0.2, 0.25) is 5.52 Å². The van der Waals surface area contributed by atoms with Crippen LogP contribution >= 0.6 is 34.0 Å². The third-order valence-corrected chi connectivity index (χ3v) is 7.65. The largest absolute Gasteiger partial charge is 0.465 e. The van der Waals surface area contributed by atoms with Crippen LogP contribution in [0.25, 0.3) is 32.1 Å². The maximum atomic E-state index is 11.6. The minimum Gasteiger partial charge on any atom is -0.465 e. The van der Waals surface area contributed by atoms with Gasteiger partial charge in [-0.05, 0) is 43.3 Å². The monoisotopic (exact) mass is 412 g/mol. The summed E-state index contributed by atoms with van der Waals surface area (Å²) >= 11 is 5.00. The van der Waals surface area contributed by atoms with Crippen molar-refractivity contribution in [1.29, 1.82) is 0 Å². The lowest BCUT2D eigenvalue weighted by atomic mass is 10.3. The first-order valence-corrected chi connectivity index (χ1v) is 11.0. The van der Waals surface area contributed by atoms with Crippen molar-refractivity contribution in [1.82, 2.24) is 0 Å². The summed E-state index contributed by atoms with van der Waals surface area (Å²) < 4.78 is 8.43. The van der Waals surface area contributed by atoms with Gasteiger partial charge >= 0.3 is 5.97 Å². The van der Waals surface area contributed by atoms with Crippen LogP contribution in [0.15, 0.2) is 48.5 Å². The number of esters is 1. The fourth-order valence-electron chi connectivity index (χ4n) is 2.91. The van der Waals surface area contributed by atoms with Crippen molar-refractivity contribution in [3.05, 3.63) is 63.3 Å². The van der Waals surface area contributed by atoms with Crippen LogP contribution in [0.3, 0.4) is 0 Å². The molecule has 0 amide bonds. The van der Waals surface area contributed by atoms with Gasteiger partial charge in [0.1, 0.15) is 16.1 Å². The Morgan fingerprint density at radius 3 is 2.59 bits per heavy atom. The smallest absolute Gasteiger partial charge is 0.348 e. The van der Waals surface area contributed by atoms with E-state index in [-0.39, 0.29) is 5.97 Å². The first-order valence-electron chi connectivity index (χ1n) is 8.57. The lowest BCUT2D eigenvalue weighted by Crippen LogP contribution is -2.33. The number of carbonyl (C=O) groups excluding carboxylic acids is 1. The van der Waals surface area contributed by atoms with E-state index in [9.17, 15) is 4.79 Å². The van der Waals surface area contributed by atoms with Gasteiger partial charge in [-0.3, -0.25) is 0 Å². The van der Waals surface area contributed by atoms with Crippen LogP contribution < -0.4 is 4.57 Å². The highest BCUT2D eigenvalue weighted by Crippen LogP contribution is 2.34. The molecule has 0 radical (unpaired) electrons. The zero-order chi connectivity index (χ0) is 18.8. The molecule has 0 fully saturated rings. The molecule has 3 aromatic heterocycles. The number of hydrogen-bond acceptors (Lipinski definition) is 5. The molecule has 136 valence electrons. The summed E-state index contributed by atoms with van der Waals surface area (Å²) in [5.41, 5.74) is 1.28. The van der Waals surface area contributed by atoms with E-state index in [0.29, 0.717) is 4.88 Å². The zero-order valence-electron chi connectivity index (χ0n) is 15.0. The molecule has 3 nitrogen and oxygen atoms in total. The minimum absolute atomic E-state index is 0.281. The Bertz CT molecular complexity index is 1130. The Labute approximate surface area is 169 Å². The number of rotatable bonds is 5. The van der Waals surface area contributed by atoms with E-state index in [1.165, 1.54) is 38.5 Å². The number of thiazole rings is 1. The van der Waals surface area contributed by atoms with Gasteiger partial charge in [-0.1, -0.05) is 23.5 Å². The fourth-order valence-corrected chi connectivity index (χ4v) is 5.97. The molecule has 27 heavy (non-hydrogen) atoms. The number of benzene rings is 1. The lowest BCUT2D eigenvalue weighted by Gasteiger charge is -1.92. The van der Waals surface area contributed by atoms with E-state index in [1.54, 1.807) is 11.3 Å². The molecule has 4 aromatic rings. The molecular formula is C21H18NO2S3+. The number of hydrogen-bond donors (Lipinski definition) is 0. The van der Waals surface area contributed by atoms with Crippen LogP contribution in [0.1, 0.15) is 26.5 Å². The number of carbonyl (C=O) groups is 1. The van der Waals surface area contributed by atoms with E-state index in [1.807, 2.05) is 23.5 Å². The molecule has 0 aliphatic rings. The molecule has 0 atom stereocenters. The topological polar surface area (TPSA) is 30.2 Å². The van der Waals surface area contributed by atoms with E-state index < -0.39 is 0 Å². The van der Waals surface area contributed by atoms with Crippen molar-refractivity contribution in [2.24, 2.45) is 0 Å². The first-order chi connectivity index (χ1) is 13.2. The maximum absolute atomic E-state index is 11.6. The average molecular weight is 413 g/mol. The predicted octanol–water partition coefficient (Wildman–Crippen LogP) is 5.96. The van der Waals surface area contributed by atoms with E-state index in [4.69, 9.17) is 4.74 Å². The van der Waals surface area contributed by atoms with Crippen molar-refractivity contribution in [2.75, 3.05) is 7.11 Å². The molecule has 6 heteroatoms. The van der Waals surface area contributed by atoms with E-state index >= 15 is 0 Å². The highest BCUT2D eigenvalue weighted by atomic mass is 32.1. The van der Waals surface area contributed by atoms with Gasteiger partial charge < -0.3 is 4.74 Å². The molecule has 0 saturated carbocycles. The Morgan fingerprint density at radius 2 is 1.78 bits per heavy atom. The molecule has 0 saturated heterocycles. The standard InChI is InChI=1S/C21H18NO2S3/c1-3-22-15-6-4-5-7-16(15)27-20(22)13-9-14-8-10-17(25-14)18-11-12-19(26-18)21(23)24-2/h4-13H,3H2,1-2H3/q+1/b13-9+. The van der Waals surface area contributed by atoms with E-state index in [2.05, 4.69) is 60.0 Å². The molecule has 0 spiro atoms. The van der Waals surface area contributed by atoms with Gasteiger partial charge in [0.15, 0.2) is 0 Å². The quantitative estimate of drug-likeness (QED) is 0.299. The summed E-state index contributed by atoms with van der Waals surface area (Å²) in [5.74, 6) is -0.281. The van der Waals surface area contributed by atoms with Gasteiger partial charge in [0, 0.05) is 26.8 Å². The van der Waals surface area contributed by atoms with Crippen molar-refractivity contribution in [2.45, 2.75) is 13.5 Å². The highest BCUT2D eigenvalue weighted by molar-refractivity contribution is 7.23. The van der Waals surface area contributed by atoms with Crippen LogP contribution in [0.2, 0.25) is 0 Å². The van der Waals surface area contributed by atoms with Crippen molar-refractivity contribution in [3.63, 3.8) is 0 Å². The number of para-hydroxylation sites is 1. The number of aryl methyl sites for hydroxylation is 1. The zero-order valence-corrected chi connectivity index (χ0v) is 17.4. The molecule has 0 aliphatic carbocycles. The molecule has 4 rings (SSSR count). The molecule has 0 aliphatic heterocycles.